The molecule has 0 bridgehead atoms. The van der Waals surface area contributed by atoms with Crippen LogP contribution < -0.4 is 10.6 Å². The molecular formula is C18H23N5O2. The fraction of sp³-hybridized carbons (Fsp3) is 0.389. The van der Waals surface area contributed by atoms with Crippen LogP contribution in [0, 0.1) is 0 Å². The molecule has 1 atom stereocenters. The average Bonchev–Trinajstić information content (AvgIpc) is 3.31. The Morgan fingerprint density at radius 3 is 2.84 bits per heavy atom. The third kappa shape index (κ3) is 4.59. The average molecular weight is 341 g/mol. The highest BCUT2D eigenvalue weighted by Crippen LogP contribution is 2.19. The van der Waals surface area contributed by atoms with Crippen molar-refractivity contribution in [2.24, 2.45) is 0 Å². The number of nitrogens with one attached hydrogen (secondary N) is 2. The summed E-state index contributed by atoms with van der Waals surface area (Å²) in [6.45, 7) is 2.00. The molecule has 2 aromatic rings. The van der Waals surface area contributed by atoms with Gasteiger partial charge in [0.05, 0.1) is 6.33 Å². The SMILES string of the molecule is O=C(NCCCn1ccnc1)[C@@H]1CCCN1C(=O)Nc1ccccc1. The molecule has 1 saturated heterocycles. The maximum absolute atomic E-state index is 12.4. The molecule has 0 radical (unpaired) electrons. The summed E-state index contributed by atoms with van der Waals surface area (Å²) >= 11 is 0. The number of nitrogens with zero attached hydrogens (tertiary/aromatic N) is 3. The molecule has 0 saturated carbocycles. The Morgan fingerprint density at radius 1 is 1.24 bits per heavy atom. The van der Waals surface area contributed by atoms with Crippen LogP contribution in [0.15, 0.2) is 49.1 Å². The molecule has 1 aliphatic rings. The normalized spacial score (nSPS) is 16.6. The molecule has 25 heavy (non-hydrogen) atoms. The molecule has 1 fully saturated rings. The van der Waals surface area contributed by atoms with Crippen LogP contribution in [-0.2, 0) is 11.3 Å². The monoisotopic (exact) mass is 341 g/mol. The van der Waals surface area contributed by atoms with Crippen molar-refractivity contribution in [3.05, 3.63) is 49.1 Å². The number of likely N-dealkylation sites (tertiary alicyclic amines) is 1. The first-order valence-corrected chi connectivity index (χ1v) is 8.60. The number of rotatable bonds is 6. The summed E-state index contributed by atoms with van der Waals surface area (Å²) in [5.74, 6) is -0.0775. The fourth-order valence-corrected chi connectivity index (χ4v) is 3.01. The van der Waals surface area contributed by atoms with Crippen molar-refractivity contribution < 1.29 is 9.59 Å². The molecule has 3 amide bonds. The van der Waals surface area contributed by atoms with Gasteiger partial charge in [0.1, 0.15) is 6.04 Å². The van der Waals surface area contributed by atoms with E-state index in [-0.39, 0.29) is 11.9 Å². The molecule has 0 aliphatic carbocycles. The molecule has 3 rings (SSSR count). The van der Waals surface area contributed by atoms with Crippen LogP contribution in [0.3, 0.4) is 0 Å². The molecule has 132 valence electrons. The zero-order chi connectivity index (χ0) is 17.5. The van der Waals surface area contributed by atoms with Gasteiger partial charge in [-0.05, 0) is 31.4 Å². The van der Waals surface area contributed by atoms with E-state index in [2.05, 4.69) is 15.6 Å². The number of hydrogen-bond acceptors (Lipinski definition) is 3. The molecule has 7 heteroatoms. The third-order valence-corrected chi connectivity index (χ3v) is 4.29. The van der Waals surface area contributed by atoms with Crippen molar-refractivity contribution in [2.75, 3.05) is 18.4 Å². The lowest BCUT2D eigenvalue weighted by atomic mass is 10.2. The summed E-state index contributed by atoms with van der Waals surface area (Å²) < 4.78 is 1.97. The predicted molar refractivity (Wildman–Crippen MR) is 95.0 cm³/mol. The Hall–Kier alpha value is -2.83. The fourth-order valence-electron chi connectivity index (χ4n) is 3.01. The number of anilines is 1. The zero-order valence-electron chi connectivity index (χ0n) is 14.1. The zero-order valence-corrected chi connectivity index (χ0v) is 14.1. The number of imidazole rings is 1. The van der Waals surface area contributed by atoms with Gasteiger partial charge in [0.2, 0.25) is 5.91 Å². The van der Waals surface area contributed by atoms with Crippen molar-refractivity contribution in [3.63, 3.8) is 0 Å². The minimum absolute atomic E-state index is 0.0775. The van der Waals surface area contributed by atoms with E-state index in [1.165, 1.54) is 0 Å². The Labute approximate surface area is 147 Å². The van der Waals surface area contributed by atoms with E-state index >= 15 is 0 Å². The smallest absolute Gasteiger partial charge is 0.322 e. The van der Waals surface area contributed by atoms with E-state index in [0.717, 1.165) is 25.1 Å². The predicted octanol–water partition coefficient (Wildman–Crippen LogP) is 2.09. The van der Waals surface area contributed by atoms with E-state index in [4.69, 9.17) is 0 Å². The first-order valence-electron chi connectivity index (χ1n) is 8.60. The third-order valence-electron chi connectivity index (χ3n) is 4.29. The van der Waals surface area contributed by atoms with Gasteiger partial charge in [-0.1, -0.05) is 18.2 Å². The van der Waals surface area contributed by atoms with Gasteiger partial charge < -0.3 is 20.1 Å². The highest BCUT2D eigenvalue weighted by atomic mass is 16.2. The molecule has 1 aromatic carbocycles. The lowest BCUT2D eigenvalue weighted by Crippen LogP contribution is -2.47. The molecular weight excluding hydrogens is 318 g/mol. The molecule has 2 heterocycles. The highest BCUT2D eigenvalue weighted by Gasteiger charge is 2.33. The minimum atomic E-state index is -0.392. The second-order valence-corrected chi connectivity index (χ2v) is 6.09. The number of carbonyl (C=O) groups is 2. The molecule has 2 N–H and O–H groups in total. The molecule has 0 unspecified atom stereocenters. The number of benzene rings is 1. The lowest BCUT2D eigenvalue weighted by Gasteiger charge is -2.24. The van der Waals surface area contributed by atoms with Gasteiger partial charge in [-0.3, -0.25) is 4.79 Å². The topological polar surface area (TPSA) is 79.3 Å². The van der Waals surface area contributed by atoms with E-state index in [9.17, 15) is 9.59 Å². The number of aryl methyl sites for hydroxylation is 1. The van der Waals surface area contributed by atoms with E-state index < -0.39 is 6.04 Å². The van der Waals surface area contributed by atoms with Crippen LogP contribution in [0.4, 0.5) is 10.5 Å². The largest absolute Gasteiger partial charge is 0.354 e. The number of amides is 3. The highest BCUT2D eigenvalue weighted by molar-refractivity contribution is 5.94. The van der Waals surface area contributed by atoms with E-state index in [1.54, 1.807) is 17.4 Å². The summed E-state index contributed by atoms with van der Waals surface area (Å²) in [6, 6.07) is 8.68. The standard InChI is InChI=1S/C18H23N5O2/c24-17(20-9-5-11-22-13-10-19-14-22)16-8-4-12-23(16)18(25)21-15-6-2-1-3-7-15/h1-3,6-7,10,13-14,16H,4-5,8-9,11-12H2,(H,20,24)(H,21,25)/t16-/m0/s1. The van der Waals surface area contributed by atoms with Crippen molar-refractivity contribution in [1.29, 1.82) is 0 Å². The Bertz CT molecular complexity index is 687. The maximum atomic E-state index is 12.4. The van der Waals surface area contributed by atoms with Crippen LogP contribution in [-0.4, -0.2) is 45.5 Å². The Morgan fingerprint density at radius 2 is 2.08 bits per heavy atom. The second kappa shape index (κ2) is 8.32. The first-order chi connectivity index (χ1) is 12.2. The number of hydrogen-bond donors (Lipinski definition) is 2. The summed E-state index contributed by atoms with van der Waals surface area (Å²) in [4.78, 5) is 30.5. The van der Waals surface area contributed by atoms with Crippen molar-refractivity contribution in [1.82, 2.24) is 19.8 Å². The van der Waals surface area contributed by atoms with Gasteiger partial charge in [-0.2, -0.15) is 0 Å². The lowest BCUT2D eigenvalue weighted by molar-refractivity contribution is -0.124. The molecule has 1 aliphatic heterocycles. The van der Waals surface area contributed by atoms with Gasteiger partial charge in [0.25, 0.3) is 0 Å². The summed E-state index contributed by atoms with van der Waals surface area (Å²) in [6.07, 6.45) is 7.76. The molecule has 1 aromatic heterocycles. The van der Waals surface area contributed by atoms with Crippen LogP contribution in [0.25, 0.3) is 0 Å². The van der Waals surface area contributed by atoms with Gasteiger partial charge in [0, 0.05) is 37.7 Å². The van der Waals surface area contributed by atoms with Crippen LogP contribution in [0.5, 0.6) is 0 Å². The van der Waals surface area contributed by atoms with Gasteiger partial charge in [-0.25, -0.2) is 9.78 Å². The van der Waals surface area contributed by atoms with Crippen LogP contribution >= 0.6 is 0 Å². The van der Waals surface area contributed by atoms with Crippen molar-refractivity contribution >= 4 is 17.6 Å². The summed E-state index contributed by atoms with van der Waals surface area (Å²) in [5.41, 5.74) is 0.735. The summed E-state index contributed by atoms with van der Waals surface area (Å²) in [7, 11) is 0. The van der Waals surface area contributed by atoms with Gasteiger partial charge in [0.15, 0.2) is 0 Å². The second-order valence-electron chi connectivity index (χ2n) is 6.09. The number of carbonyl (C=O) groups excluding carboxylic acids is 2. The quantitative estimate of drug-likeness (QED) is 0.790. The Balaban J connectivity index is 1.46. The van der Waals surface area contributed by atoms with Gasteiger partial charge >= 0.3 is 6.03 Å². The van der Waals surface area contributed by atoms with Crippen molar-refractivity contribution in [3.8, 4) is 0 Å². The maximum Gasteiger partial charge on any atom is 0.322 e. The van der Waals surface area contributed by atoms with Crippen LogP contribution in [0.1, 0.15) is 19.3 Å². The number of urea groups is 1. The number of para-hydroxylation sites is 1. The number of aromatic nitrogens is 2. The minimum Gasteiger partial charge on any atom is -0.354 e. The molecule has 0 spiro atoms. The Kier molecular flexibility index (Phi) is 5.66. The van der Waals surface area contributed by atoms with Crippen LogP contribution in [0.2, 0.25) is 0 Å². The van der Waals surface area contributed by atoms with Crippen molar-refractivity contribution in [2.45, 2.75) is 31.8 Å². The summed E-state index contributed by atoms with van der Waals surface area (Å²) in [5, 5.41) is 5.79. The molecule has 7 nitrogen and oxygen atoms in total. The first kappa shape index (κ1) is 17.0. The van der Waals surface area contributed by atoms with E-state index in [0.29, 0.717) is 19.5 Å². The van der Waals surface area contributed by atoms with Gasteiger partial charge in [-0.15, -0.1) is 0 Å². The van der Waals surface area contributed by atoms with E-state index in [1.807, 2.05) is 41.1 Å².